The summed E-state index contributed by atoms with van der Waals surface area (Å²) in [4.78, 5) is 0. The summed E-state index contributed by atoms with van der Waals surface area (Å²) >= 11 is 0. The Labute approximate surface area is 60.3 Å². The van der Waals surface area contributed by atoms with E-state index in [2.05, 4.69) is 0 Å². The van der Waals surface area contributed by atoms with Gasteiger partial charge in [0.25, 0.3) is 0 Å². The fraction of sp³-hybridized carbons (Fsp3) is 0.667. The second-order valence-electron chi connectivity index (χ2n) is 2.51. The van der Waals surface area contributed by atoms with Gasteiger partial charge in [-0.2, -0.15) is 0 Å². The molecule has 58 valence electrons. The van der Waals surface area contributed by atoms with Crippen LogP contribution in [0.2, 0.25) is 0 Å². The molecule has 0 radical (unpaired) electrons. The van der Waals surface area contributed by atoms with Crippen molar-refractivity contribution >= 4 is 9.84 Å². The van der Waals surface area contributed by atoms with E-state index in [0.29, 0.717) is 5.57 Å². The molecule has 0 fully saturated rings. The van der Waals surface area contributed by atoms with E-state index in [0.717, 1.165) is 0 Å². The van der Waals surface area contributed by atoms with Gasteiger partial charge in [-0.15, -0.1) is 0 Å². The minimum Gasteiger partial charge on any atom is -0.389 e. The quantitative estimate of drug-likeness (QED) is 0.540. The maximum Gasteiger partial charge on any atom is 0.157 e. The molecule has 0 aromatic carbocycles. The SMILES string of the molecule is C[C@@H](O)C1=CCS(=O)(=O)C1. The summed E-state index contributed by atoms with van der Waals surface area (Å²) in [5.41, 5.74) is 0.625. The molecule has 0 amide bonds. The third kappa shape index (κ3) is 1.58. The minimum absolute atomic E-state index is 0.0324. The molecule has 1 rings (SSSR count). The van der Waals surface area contributed by atoms with Crippen LogP contribution in [0.5, 0.6) is 0 Å². The van der Waals surface area contributed by atoms with Gasteiger partial charge in [-0.05, 0) is 12.5 Å². The van der Waals surface area contributed by atoms with Gasteiger partial charge in [0.05, 0.1) is 17.6 Å². The van der Waals surface area contributed by atoms with E-state index in [1.54, 1.807) is 13.0 Å². The molecule has 0 bridgehead atoms. The lowest BCUT2D eigenvalue weighted by atomic mass is 10.2. The van der Waals surface area contributed by atoms with Crippen LogP contribution in [-0.2, 0) is 9.84 Å². The molecule has 0 aromatic heterocycles. The van der Waals surface area contributed by atoms with Crippen LogP contribution < -0.4 is 0 Å². The zero-order chi connectivity index (χ0) is 7.78. The van der Waals surface area contributed by atoms with Crippen LogP contribution in [0.25, 0.3) is 0 Å². The Morgan fingerprint density at radius 2 is 2.30 bits per heavy atom. The van der Waals surface area contributed by atoms with Crippen molar-refractivity contribution in [2.75, 3.05) is 11.5 Å². The highest BCUT2D eigenvalue weighted by Crippen LogP contribution is 2.14. The lowest BCUT2D eigenvalue weighted by Gasteiger charge is -2.01. The number of hydrogen-bond donors (Lipinski definition) is 1. The summed E-state index contributed by atoms with van der Waals surface area (Å²) in [6.07, 6.45) is 0.970. The molecule has 1 atom stereocenters. The van der Waals surface area contributed by atoms with Crippen molar-refractivity contribution in [3.8, 4) is 0 Å². The van der Waals surface area contributed by atoms with E-state index >= 15 is 0 Å². The summed E-state index contributed by atoms with van der Waals surface area (Å²) in [6, 6.07) is 0. The molecule has 1 heterocycles. The topological polar surface area (TPSA) is 54.4 Å². The second-order valence-corrected chi connectivity index (χ2v) is 4.62. The third-order valence-electron chi connectivity index (χ3n) is 1.52. The number of rotatable bonds is 1. The average molecular weight is 162 g/mol. The number of sulfone groups is 1. The highest BCUT2D eigenvalue weighted by atomic mass is 32.2. The van der Waals surface area contributed by atoms with Crippen molar-refractivity contribution in [1.29, 1.82) is 0 Å². The van der Waals surface area contributed by atoms with Crippen LogP contribution in [-0.4, -0.2) is 31.1 Å². The predicted molar refractivity (Wildman–Crippen MR) is 38.4 cm³/mol. The Morgan fingerprint density at radius 1 is 1.70 bits per heavy atom. The maximum atomic E-state index is 10.8. The van der Waals surface area contributed by atoms with Crippen molar-refractivity contribution in [2.24, 2.45) is 0 Å². The van der Waals surface area contributed by atoms with Gasteiger partial charge in [0.1, 0.15) is 0 Å². The standard InChI is InChI=1S/C6H10O3S/c1-5(7)6-2-3-10(8,9)4-6/h2,5,7H,3-4H2,1H3/t5-/m1/s1. The highest BCUT2D eigenvalue weighted by molar-refractivity contribution is 7.92. The zero-order valence-corrected chi connectivity index (χ0v) is 6.56. The van der Waals surface area contributed by atoms with Gasteiger partial charge in [-0.1, -0.05) is 6.08 Å². The normalized spacial score (nSPS) is 26.0. The third-order valence-corrected chi connectivity index (χ3v) is 2.97. The van der Waals surface area contributed by atoms with Crippen molar-refractivity contribution in [3.63, 3.8) is 0 Å². The van der Waals surface area contributed by atoms with Gasteiger partial charge in [0.15, 0.2) is 9.84 Å². The molecule has 0 aromatic rings. The Bertz CT molecular complexity index is 248. The van der Waals surface area contributed by atoms with Gasteiger partial charge >= 0.3 is 0 Å². The van der Waals surface area contributed by atoms with Gasteiger partial charge in [0.2, 0.25) is 0 Å². The molecule has 0 aliphatic carbocycles. The van der Waals surface area contributed by atoms with Gasteiger partial charge in [-0.25, -0.2) is 8.42 Å². The van der Waals surface area contributed by atoms with Crippen LogP contribution in [0.15, 0.2) is 11.6 Å². The van der Waals surface area contributed by atoms with Crippen molar-refractivity contribution in [2.45, 2.75) is 13.0 Å². The molecular weight excluding hydrogens is 152 g/mol. The molecule has 1 N–H and O–H groups in total. The minimum atomic E-state index is -2.89. The summed E-state index contributed by atoms with van der Waals surface area (Å²) in [7, 11) is -2.89. The van der Waals surface area contributed by atoms with Crippen molar-refractivity contribution < 1.29 is 13.5 Å². The highest BCUT2D eigenvalue weighted by Gasteiger charge is 2.21. The maximum absolute atomic E-state index is 10.8. The molecule has 0 unspecified atom stereocenters. The fourth-order valence-corrected chi connectivity index (χ4v) is 2.35. The molecule has 10 heavy (non-hydrogen) atoms. The smallest absolute Gasteiger partial charge is 0.157 e. The van der Waals surface area contributed by atoms with Crippen molar-refractivity contribution in [1.82, 2.24) is 0 Å². The summed E-state index contributed by atoms with van der Waals surface area (Å²) < 4.78 is 21.6. The molecular formula is C6H10O3S. The predicted octanol–water partition coefficient (Wildman–Crippen LogP) is -0.278. The lowest BCUT2D eigenvalue weighted by molar-refractivity contribution is 0.232. The Morgan fingerprint density at radius 3 is 2.50 bits per heavy atom. The van der Waals surface area contributed by atoms with Crippen LogP contribution in [0.3, 0.4) is 0 Å². The van der Waals surface area contributed by atoms with E-state index in [1.807, 2.05) is 0 Å². The Hall–Kier alpha value is -0.350. The molecule has 1 aliphatic rings. The average Bonchev–Trinajstić information content (AvgIpc) is 2.10. The van der Waals surface area contributed by atoms with Gasteiger partial charge in [0, 0.05) is 0 Å². The molecule has 0 saturated heterocycles. The molecule has 0 spiro atoms. The second kappa shape index (κ2) is 2.36. The molecule has 1 aliphatic heterocycles. The lowest BCUT2D eigenvalue weighted by Crippen LogP contribution is -2.10. The first kappa shape index (κ1) is 7.75. The van der Waals surface area contributed by atoms with E-state index in [-0.39, 0.29) is 11.5 Å². The van der Waals surface area contributed by atoms with Gasteiger partial charge < -0.3 is 5.11 Å². The largest absolute Gasteiger partial charge is 0.389 e. The zero-order valence-electron chi connectivity index (χ0n) is 5.74. The monoisotopic (exact) mass is 162 g/mol. The first-order chi connectivity index (χ1) is 4.51. The summed E-state index contributed by atoms with van der Waals surface area (Å²) in [5, 5.41) is 8.95. The molecule has 4 heteroatoms. The Kier molecular flexibility index (Phi) is 1.83. The van der Waals surface area contributed by atoms with E-state index in [4.69, 9.17) is 5.11 Å². The fourth-order valence-electron chi connectivity index (χ4n) is 0.897. The first-order valence-electron chi connectivity index (χ1n) is 3.09. The summed E-state index contributed by atoms with van der Waals surface area (Å²) in [6.45, 7) is 1.58. The number of aliphatic hydroxyl groups is 1. The molecule has 0 saturated carbocycles. The molecule has 3 nitrogen and oxygen atoms in total. The summed E-state index contributed by atoms with van der Waals surface area (Å²) in [5.74, 6) is 0.123. The van der Waals surface area contributed by atoms with Crippen LogP contribution in [0.4, 0.5) is 0 Å². The number of hydrogen-bond acceptors (Lipinski definition) is 3. The van der Waals surface area contributed by atoms with E-state index in [1.165, 1.54) is 0 Å². The van der Waals surface area contributed by atoms with Gasteiger partial charge in [-0.3, -0.25) is 0 Å². The Balaban J connectivity index is 2.73. The van der Waals surface area contributed by atoms with E-state index in [9.17, 15) is 8.42 Å². The first-order valence-corrected chi connectivity index (χ1v) is 4.91. The van der Waals surface area contributed by atoms with Crippen LogP contribution >= 0.6 is 0 Å². The van der Waals surface area contributed by atoms with Crippen molar-refractivity contribution in [3.05, 3.63) is 11.6 Å². The van der Waals surface area contributed by atoms with E-state index < -0.39 is 15.9 Å². The van der Waals surface area contributed by atoms with Crippen LogP contribution in [0.1, 0.15) is 6.92 Å². The van der Waals surface area contributed by atoms with Crippen LogP contribution in [0, 0.1) is 0 Å². The number of aliphatic hydroxyl groups excluding tert-OH is 1.